The number of hydrogen-bond acceptors (Lipinski definition) is 3. The summed E-state index contributed by atoms with van der Waals surface area (Å²) < 4.78 is 5.67. The van der Waals surface area contributed by atoms with E-state index in [4.69, 9.17) is 10.5 Å². The molecular weight excluding hydrogens is 240 g/mol. The number of carbonyl (C=O) groups excluding carboxylic acids is 1. The molecule has 1 aromatic rings. The summed E-state index contributed by atoms with van der Waals surface area (Å²) in [6.45, 7) is 8.18. The van der Waals surface area contributed by atoms with Crippen molar-refractivity contribution in [1.82, 2.24) is 4.90 Å². The van der Waals surface area contributed by atoms with Crippen molar-refractivity contribution in [3.63, 3.8) is 0 Å². The smallest absolute Gasteiger partial charge is 0.248 e. The quantitative estimate of drug-likeness (QED) is 0.744. The van der Waals surface area contributed by atoms with Gasteiger partial charge in [0, 0.05) is 12.1 Å². The van der Waals surface area contributed by atoms with E-state index >= 15 is 0 Å². The van der Waals surface area contributed by atoms with Crippen LogP contribution in [0.1, 0.15) is 37.0 Å². The molecule has 0 aliphatic carbocycles. The third kappa shape index (κ3) is 5.75. The summed E-state index contributed by atoms with van der Waals surface area (Å²) in [5.74, 6) is 0.363. The number of nitrogens with zero attached hydrogens (tertiary/aromatic N) is 1. The first-order valence-electron chi connectivity index (χ1n) is 6.92. The lowest BCUT2D eigenvalue weighted by Gasteiger charge is -2.20. The number of carbonyl (C=O) groups is 1. The summed E-state index contributed by atoms with van der Waals surface area (Å²) in [4.78, 5) is 13.3. The van der Waals surface area contributed by atoms with Crippen LogP contribution >= 0.6 is 0 Å². The van der Waals surface area contributed by atoms with Gasteiger partial charge in [0.25, 0.3) is 0 Å². The normalized spacial score (nSPS) is 10.7. The Kier molecular flexibility index (Phi) is 6.97. The van der Waals surface area contributed by atoms with Crippen molar-refractivity contribution in [3.8, 4) is 5.75 Å². The molecule has 4 heteroatoms. The average molecular weight is 264 g/mol. The van der Waals surface area contributed by atoms with Crippen LogP contribution in [0.15, 0.2) is 24.3 Å². The lowest BCUT2D eigenvalue weighted by atomic mass is 10.2. The second kappa shape index (κ2) is 8.53. The molecule has 1 amide bonds. The molecule has 1 rings (SSSR count). The summed E-state index contributed by atoms with van der Waals surface area (Å²) in [7, 11) is 0. The Morgan fingerprint density at radius 2 is 1.68 bits per heavy atom. The van der Waals surface area contributed by atoms with Crippen LogP contribution in [0.5, 0.6) is 5.75 Å². The molecule has 106 valence electrons. The highest BCUT2D eigenvalue weighted by Gasteiger charge is 2.03. The summed E-state index contributed by atoms with van der Waals surface area (Å²) in [6, 6.07) is 6.94. The molecule has 19 heavy (non-hydrogen) atoms. The zero-order valence-electron chi connectivity index (χ0n) is 11.9. The summed E-state index contributed by atoms with van der Waals surface area (Å²) in [6.07, 6.45) is 2.32. The topological polar surface area (TPSA) is 55.6 Å². The van der Waals surface area contributed by atoms with Crippen molar-refractivity contribution >= 4 is 5.91 Å². The fourth-order valence-electron chi connectivity index (χ4n) is 1.98. The first-order valence-corrected chi connectivity index (χ1v) is 6.92. The van der Waals surface area contributed by atoms with Gasteiger partial charge in [0.1, 0.15) is 12.4 Å². The monoisotopic (exact) mass is 264 g/mol. The molecule has 1 aromatic carbocycles. The number of primary amides is 1. The Hall–Kier alpha value is -1.55. The summed E-state index contributed by atoms with van der Waals surface area (Å²) in [5.41, 5.74) is 5.69. The molecule has 0 atom stereocenters. The minimum absolute atomic E-state index is 0.413. The van der Waals surface area contributed by atoms with Crippen molar-refractivity contribution in [3.05, 3.63) is 29.8 Å². The number of benzene rings is 1. The first-order chi connectivity index (χ1) is 9.17. The SMILES string of the molecule is CCCN(CCC)CCOc1ccc(C(N)=O)cc1. The fourth-order valence-corrected chi connectivity index (χ4v) is 1.98. The number of nitrogens with two attached hydrogens (primary N) is 1. The molecule has 0 aliphatic heterocycles. The van der Waals surface area contributed by atoms with Gasteiger partial charge in [0.05, 0.1) is 0 Å². The van der Waals surface area contributed by atoms with E-state index in [0.29, 0.717) is 12.2 Å². The molecule has 0 bridgehead atoms. The molecular formula is C15H24N2O2. The Labute approximate surface area is 115 Å². The van der Waals surface area contributed by atoms with Crippen LogP contribution < -0.4 is 10.5 Å². The Bertz CT molecular complexity index is 370. The molecule has 0 unspecified atom stereocenters. The Balaban J connectivity index is 2.37. The van der Waals surface area contributed by atoms with Crippen molar-refractivity contribution in [1.29, 1.82) is 0 Å². The second-order valence-corrected chi connectivity index (χ2v) is 4.58. The van der Waals surface area contributed by atoms with Crippen LogP contribution in [0.2, 0.25) is 0 Å². The van der Waals surface area contributed by atoms with Gasteiger partial charge in [-0.1, -0.05) is 13.8 Å². The van der Waals surface area contributed by atoms with Crippen molar-refractivity contribution in [2.75, 3.05) is 26.2 Å². The number of ether oxygens (including phenoxy) is 1. The number of hydrogen-bond donors (Lipinski definition) is 1. The lowest BCUT2D eigenvalue weighted by Crippen LogP contribution is -2.30. The van der Waals surface area contributed by atoms with E-state index in [9.17, 15) is 4.79 Å². The largest absolute Gasteiger partial charge is 0.492 e. The van der Waals surface area contributed by atoms with E-state index < -0.39 is 5.91 Å². The minimum atomic E-state index is -0.413. The van der Waals surface area contributed by atoms with Crippen LogP contribution in [0.3, 0.4) is 0 Å². The van der Waals surface area contributed by atoms with Gasteiger partial charge in [0.15, 0.2) is 0 Å². The van der Waals surface area contributed by atoms with Gasteiger partial charge >= 0.3 is 0 Å². The molecule has 0 radical (unpaired) electrons. The van der Waals surface area contributed by atoms with E-state index in [-0.39, 0.29) is 0 Å². The van der Waals surface area contributed by atoms with E-state index in [1.807, 2.05) is 0 Å². The van der Waals surface area contributed by atoms with Gasteiger partial charge in [-0.25, -0.2) is 0 Å². The van der Waals surface area contributed by atoms with Crippen molar-refractivity contribution in [2.24, 2.45) is 5.73 Å². The third-order valence-corrected chi connectivity index (χ3v) is 2.89. The predicted octanol–water partition coefficient (Wildman–Crippen LogP) is 2.29. The van der Waals surface area contributed by atoms with Crippen molar-refractivity contribution < 1.29 is 9.53 Å². The molecule has 0 saturated heterocycles. The van der Waals surface area contributed by atoms with E-state index in [1.54, 1.807) is 24.3 Å². The third-order valence-electron chi connectivity index (χ3n) is 2.89. The van der Waals surface area contributed by atoms with Crippen LogP contribution in [0.4, 0.5) is 0 Å². The van der Waals surface area contributed by atoms with Crippen LogP contribution in [0.25, 0.3) is 0 Å². The maximum absolute atomic E-state index is 10.9. The zero-order valence-corrected chi connectivity index (χ0v) is 11.9. The molecule has 0 fully saturated rings. The minimum Gasteiger partial charge on any atom is -0.492 e. The highest BCUT2D eigenvalue weighted by Crippen LogP contribution is 2.11. The molecule has 0 heterocycles. The molecule has 0 spiro atoms. The number of rotatable bonds is 9. The zero-order chi connectivity index (χ0) is 14.1. The lowest BCUT2D eigenvalue weighted by molar-refractivity contribution is 0.100. The van der Waals surface area contributed by atoms with Gasteiger partial charge in [-0.15, -0.1) is 0 Å². The van der Waals surface area contributed by atoms with E-state index in [2.05, 4.69) is 18.7 Å². The molecule has 0 saturated carbocycles. The van der Waals surface area contributed by atoms with Gasteiger partial charge in [-0.2, -0.15) is 0 Å². The standard InChI is InChI=1S/C15H24N2O2/c1-3-9-17(10-4-2)11-12-19-14-7-5-13(6-8-14)15(16)18/h5-8H,3-4,9-12H2,1-2H3,(H2,16,18). The van der Waals surface area contributed by atoms with Crippen LogP contribution in [-0.4, -0.2) is 37.0 Å². The van der Waals surface area contributed by atoms with Crippen LogP contribution in [-0.2, 0) is 0 Å². The van der Waals surface area contributed by atoms with Crippen molar-refractivity contribution in [2.45, 2.75) is 26.7 Å². The molecule has 0 aromatic heterocycles. The van der Waals surface area contributed by atoms with E-state index in [0.717, 1.165) is 38.2 Å². The fraction of sp³-hybridized carbons (Fsp3) is 0.533. The molecule has 4 nitrogen and oxygen atoms in total. The molecule has 2 N–H and O–H groups in total. The van der Waals surface area contributed by atoms with Gasteiger partial charge in [-0.05, 0) is 50.2 Å². The maximum Gasteiger partial charge on any atom is 0.248 e. The molecule has 0 aliphatic rings. The predicted molar refractivity (Wildman–Crippen MR) is 77.5 cm³/mol. The second-order valence-electron chi connectivity index (χ2n) is 4.58. The van der Waals surface area contributed by atoms with Gasteiger partial charge < -0.3 is 10.5 Å². The van der Waals surface area contributed by atoms with Crippen LogP contribution in [0, 0.1) is 0 Å². The Morgan fingerprint density at radius 3 is 2.16 bits per heavy atom. The van der Waals surface area contributed by atoms with Gasteiger partial charge in [0.2, 0.25) is 5.91 Å². The first kappa shape index (κ1) is 15.5. The highest BCUT2D eigenvalue weighted by molar-refractivity contribution is 5.92. The Morgan fingerprint density at radius 1 is 1.11 bits per heavy atom. The average Bonchev–Trinajstić information content (AvgIpc) is 2.40. The van der Waals surface area contributed by atoms with E-state index in [1.165, 1.54) is 0 Å². The summed E-state index contributed by atoms with van der Waals surface area (Å²) >= 11 is 0. The number of amides is 1. The van der Waals surface area contributed by atoms with Gasteiger partial charge in [-0.3, -0.25) is 9.69 Å². The highest BCUT2D eigenvalue weighted by atomic mass is 16.5. The summed E-state index contributed by atoms with van der Waals surface area (Å²) in [5, 5.41) is 0. The maximum atomic E-state index is 10.9.